The first-order valence-corrected chi connectivity index (χ1v) is 10.9. The summed E-state index contributed by atoms with van der Waals surface area (Å²) in [6, 6.07) is 4.85. The quantitative estimate of drug-likeness (QED) is 0.692. The molecule has 7 nitrogen and oxygen atoms in total. The SMILES string of the molecule is C[C@@H](OC(=O)[C@H]1COc2ccc(Cl)cc2C1)C(=O)N(C)[C@H]1CCS(=O)(=O)C1. The number of nitrogens with zero attached hydrogens (tertiary/aromatic N) is 1. The molecule has 0 bridgehead atoms. The highest BCUT2D eigenvalue weighted by molar-refractivity contribution is 7.91. The Bertz CT molecular complexity index is 855. The van der Waals surface area contributed by atoms with E-state index in [1.54, 1.807) is 25.2 Å². The van der Waals surface area contributed by atoms with Crippen LogP contribution in [0.25, 0.3) is 0 Å². The summed E-state index contributed by atoms with van der Waals surface area (Å²) in [5.74, 6) is -0.743. The predicted octanol–water partition coefficient (Wildman–Crippen LogP) is 1.47. The van der Waals surface area contributed by atoms with Crippen molar-refractivity contribution in [2.45, 2.75) is 31.9 Å². The van der Waals surface area contributed by atoms with Crippen LogP contribution in [0.2, 0.25) is 5.02 Å². The Morgan fingerprint density at radius 2 is 2.11 bits per heavy atom. The van der Waals surface area contributed by atoms with Crippen molar-refractivity contribution in [1.29, 1.82) is 0 Å². The molecule has 0 radical (unpaired) electrons. The van der Waals surface area contributed by atoms with E-state index in [0.717, 1.165) is 5.56 Å². The number of esters is 1. The van der Waals surface area contributed by atoms with Gasteiger partial charge in [-0.2, -0.15) is 0 Å². The predicted molar refractivity (Wildman–Crippen MR) is 99.5 cm³/mol. The molecule has 1 amide bonds. The van der Waals surface area contributed by atoms with E-state index in [4.69, 9.17) is 21.1 Å². The van der Waals surface area contributed by atoms with Crippen molar-refractivity contribution in [3.63, 3.8) is 0 Å². The summed E-state index contributed by atoms with van der Waals surface area (Å²) in [7, 11) is -1.56. The number of ether oxygens (including phenoxy) is 2. The lowest BCUT2D eigenvalue weighted by Gasteiger charge is -2.28. The molecule has 0 aliphatic carbocycles. The Kier molecular flexibility index (Phi) is 5.67. The molecule has 1 aromatic rings. The highest BCUT2D eigenvalue weighted by Gasteiger charge is 2.36. The average Bonchev–Trinajstić information content (AvgIpc) is 2.99. The molecule has 0 spiro atoms. The fourth-order valence-corrected chi connectivity index (χ4v) is 5.35. The zero-order valence-electron chi connectivity index (χ0n) is 15.2. The molecule has 27 heavy (non-hydrogen) atoms. The van der Waals surface area contributed by atoms with Crippen LogP contribution >= 0.6 is 11.6 Å². The summed E-state index contributed by atoms with van der Waals surface area (Å²) in [5.41, 5.74) is 0.822. The Hall–Kier alpha value is -1.80. The molecule has 0 unspecified atom stereocenters. The smallest absolute Gasteiger partial charge is 0.313 e. The van der Waals surface area contributed by atoms with Crippen LogP contribution in [0.3, 0.4) is 0 Å². The van der Waals surface area contributed by atoms with E-state index in [2.05, 4.69) is 0 Å². The third-order valence-electron chi connectivity index (χ3n) is 5.01. The molecule has 1 fully saturated rings. The van der Waals surface area contributed by atoms with E-state index in [-0.39, 0.29) is 24.2 Å². The van der Waals surface area contributed by atoms with Gasteiger partial charge >= 0.3 is 5.97 Å². The highest BCUT2D eigenvalue weighted by Crippen LogP contribution is 2.30. The monoisotopic (exact) mass is 415 g/mol. The maximum absolute atomic E-state index is 12.5. The largest absolute Gasteiger partial charge is 0.492 e. The van der Waals surface area contributed by atoms with Crippen LogP contribution in [0.4, 0.5) is 0 Å². The van der Waals surface area contributed by atoms with Gasteiger partial charge in [-0.3, -0.25) is 9.59 Å². The Labute approximate surface area is 163 Å². The number of halogens is 1. The number of carbonyl (C=O) groups excluding carboxylic acids is 2. The number of hydrogen-bond donors (Lipinski definition) is 0. The second-order valence-corrected chi connectivity index (χ2v) is 9.71. The molecule has 0 saturated carbocycles. The first kappa shape index (κ1) is 19.9. The maximum Gasteiger partial charge on any atom is 0.313 e. The number of amides is 1. The zero-order valence-corrected chi connectivity index (χ0v) is 16.8. The highest BCUT2D eigenvalue weighted by atomic mass is 35.5. The molecule has 1 aromatic carbocycles. The molecule has 3 atom stereocenters. The lowest BCUT2D eigenvalue weighted by Crippen LogP contribution is -2.45. The Balaban J connectivity index is 1.58. The summed E-state index contributed by atoms with van der Waals surface area (Å²) in [6.07, 6.45) is -0.169. The van der Waals surface area contributed by atoms with Gasteiger partial charge in [0.15, 0.2) is 15.9 Å². The summed E-state index contributed by atoms with van der Waals surface area (Å²) < 4.78 is 34.1. The minimum Gasteiger partial charge on any atom is -0.492 e. The van der Waals surface area contributed by atoms with Crippen LogP contribution in [0.5, 0.6) is 5.75 Å². The number of fused-ring (bicyclic) bond motifs is 1. The van der Waals surface area contributed by atoms with E-state index in [1.165, 1.54) is 11.8 Å². The van der Waals surface area contributed by atoms with Crippen molar-refractivity contribution < 1.29 is 27.5 Å². The summed E-state index contributed by atoms with van der Waals surface area (Å²) >= 11 is 5.98. The van der Waals surface area contributed by atoms with Crippen LogP contribution in [-0.4, -0.2) is 62.5 Å². The molecule has 1 saturated heterocycles. The number of carbonyl (C=O) groups is 2. The third-order valence-corrected chi connectivity index (χ3v) is 6.99. The number of likely N-dealkylation sites (N-methyl/N-ethyl adjacent to an activating group) is 1. The minimum atomic E-state index is -3.10. The summed E-state index contributed by atoms with van der Waals surface area (Å²) in [6.45, 7) is 1.67. The standard InChI is InChI=1S/C18H22ClNO6S/c1-11(17(21)20(2)15-5-6-27(23,24)10-15)26-18(22)13-7-12-8-14(19)3-4-16(12)25-9-13/h3-4,8,11,13,15H,5-7,9-10H2,1-2H3/t11-,13-,15+/m1/s1. The van der Waals surface area contributed by atoms with Crippen LogP contribution in [0.1, 0.15) is 18.9 Å². The number of hydrogen-bond acceptors (Lipinski definition) is 6. The number of rotatable bonds is 4. The van der Waals surface area contributed by atoms with Gasteiger partial charge in [-0.1, -0.05) is 11.6 Å². The lowest BCUT2D eigenvalue weighted by atomic mass is 9.97. The fraction of sp³-hybridized carbons (Fsp3) is 0.556. The maximum atomic E-state index is 12.5. The molecule has 0 aromatic heterocycles. The molecular formula is C18H22ClNO6S. The van der Waals surface area contributed by atoms with Crippen molar-refractivity contribution in [3.8, 4) is 5.75 Å². The van der Waals surface area contributed by atoms with Crippen LogP contribution in [-0.2, 0) is 30.6 Å². The number of sulfone groups is 1. The van der Waals surface area contributed by atoms with Gasteiger partial charge in [0.05, 0.1) is 17.4 Å². The molecule has 148 valence electrons. The molecule has 2 aliphatic rings. The minimum absolute atomic E-state index is 0.0517. The Morgan fingerprint density at radius 1 is 1.37 bits per heavy atom. The zero-order chi connectivity index (χ0) is 19.8. The summed E-state index contributed by atoms with van der Waals surface area (Å²) in [5, 5.41) is 0.558. The second kappa shape index (κ2) is 7.67. The number of benzene rings is 1. The molecular weight excluding hydrogens is 394 g/mol. The topological polar surface area (TPSA) is 90.0 Å². The van der Waals surface area contributed by atoms with Crippen molar-refractivity contribution >= 4 is 33.3 Å². The van der Waals surface area contributed by atoms with Crippen LogP contribution in [0.15, 0.2) is 18.2 Å². The molecule has 9 heteroatoms. The van der Waals surface area contributed by atoms with Gasteiger partial charge in [-0.15, -0.1) is 0 Å². The van der Waals surface area contributed by atoms with Crippen molar-refractivity contribution in [1.82, 2.24) is 4.90 Å². The average molecular weight is 416 g/mol. The van der Waals surface area contributed by atoms with Gasteiger partial charge in [0.2, 0.25) is 0 Å². The first-order chi connectivity index (χ1) is 12.7. The van der Waals surface area contributed by atoms with E-state index in [0.29, 0.717) is 23.6 Å². The second-order valence-electron chi connectivity index (χ2n) is 7.05. The Morgan fingerprint density at radius 3 is 2.78 bits per heavy atom. The van der Waals surface area contributed by atoms with Gasteiger partial charge in [0.1, 0.15) is 12.4 Å². The molecule has 2 heterocycles. The van der Waals surface area contributed by atoms with E-state index in [9.17, 15) is 18.0 Å². The van der Waals surface area contributed by atoms with E-state index < -0.39 is 33.7 Å². The van der Waals surface area contributed by atoms with Crippen molar-refractivity contribution in [2.24, 2.45) is 5.92 Å². The third kappa shape index (κ3) is 4.55. The van der Waals surface area contributed by atoms with E-state index >= 15 is 0 Å². The first-order valence-electron chi connectivity index (χ1n) is 8.75. The van der Waals surface area contributed by atoms with Crippen LogP contribution in [0, 0.1) is 5.92 Å². The van der Waals surface area contributed by atoms with Gasteiger partial charge in [0.25, 0.3) is 5.91 Å². The lowest BCUT2D eigenvalue weighted by molar-refractivity contribution is -0.163. The van der Waals surface area contributed by atoms with Crippen LogP contribution < -0.4 is 4.74 Å². The van der Waals surface area contributed by atoms with Gasteiger partial charge in [-0.25, -0.2) is 8.42 Å². The van der Waals surface area contributed by atoms with Gasteiger partial charge in [-0.05, 0) is 43.5 Å². The van der Waals surface area contributed by atoms with Gasteiger partial charge < -0.3 is 14.4 Å². The van der Waals surface area contributed by atoms with Crippen molar-refractivity contribution in [2.75, 3.05) is 25.2 Å². The van der Waals surface area contributed by atoms with Crippen molar-refractivity contribution in [3.05, 3.63) is 28.8 Å². The molecule has 3 rings (SSSR count). The van der Waals surface area contributed by atoms with Gasteiger partial charge in [0, 0.05) is 18.1 Å². The normalized spacial score (nSPS) is 24.4. The summed E-state index contributed by atoms with van der Waals surface area (Å²) in [4.78, 5) is 26.3. The fourth-order valence-electron chi connectivity index (χ4n) is 3.38. The molecule has 0 N–H and O–H groups in total. The van der Waals surface area contributed by atoms with E-state index in [1.807, 2.05) is 0 Å². The molecule has 2 aliphatic heterocycles.